The summed E-state index contributed by atoms with van der Waals surface area (Å²) in [5.74, 6) is -1.32. The topological polar surface area (TPSA) is 46.5 Å². The van der Waals surface area contributed by atoms with Crippen LogP contribution < -0.4 is 0 Å². The van der Waals surface area contributed by atoms with Gasteiger partial charge in [0.05, 0.1) is 6.61 Å². The summed E-state index contributed by atoms with van der Waals surface area (Å²) in [5.41, 5.74) is -2.47. The second kappa shape index (κ2) is 4.29. The molecule has 1 N–H and O–H groups in total. The summed E-state index contributed by atoms with van der Waals surface area (Å²) in [6.07, 6.45) is -1.88. The standard InChI is InChI=1S/C10H11F3O3/c1-16-6-9(8(14)15)4-2-3-7(5-9)10(11,12)13/h2-4H,5-6H2,1H3,(H,14,15). The van der Waals surface area contributed by atoms with Gasteiger partial charge in [0.15, 0.2) is 0 Å². The number of rotatable bonds is 3. The number of aliphatic carboxylic acids is 1. The van der Waals surface area contributed by atoms with E-state index in [1.54, 1.807) is 0 Å². The van der Waals surface area contributed by atoms with Crippen molar-refractivity contribution in [3.05, 3.63) is 23.8 Å². The zero-order valence-corrected chi connectivity index (χ0v) is 8.54. The van der Waals surface area contributed by atoms with Crippen molar-refractivity contribution >= 4 is 5.97 Å². The molecule has 90 valence electrons. The van der Waals surface area contributed by atoms with Crippen LogP contribution in [-0.4, -0.2) is 31.0 Å². The molecule has 1 aliphatic rings. The first kappa shape index (κ1) is 12.8. The molecule has 0 fully saturated rings. The van der Waals surface area contributed by atoms with E-state index in [4.69, 9.17) is 5.11 Å². The third kappa shape index (κ3) is 2.44. The normalized spacial score (nSPS) is 25.4. The van der Waals surface area contributed by atoms with Gasteiger partial charge >= 0.3 is 12.1 Å². The number of alkyl halides is 3. The number of carboxylic acid groups (broad SMARTS) is 1. The first-order valence-electron chi connectivity index (χ1n) is 4.50. The van der Waals surface area contributed by atoms with Gasteiger partial charge in [-0.3, -0.25) is 4.79 Å². The molecule has 16 heavy (non-hydrogen) atoms. The molecule has 0 aromatic rings. The average Bonchev–Trinajstić information content (AvgIpc) is 2.17. The number of hydrogen-bond acceptors (Lipinski definition) is 2. The molecule has 0 bridgehead atoms. The molecule has 0 amide bonds. The smallest absolute Gasteiger partial charge is 0.412 e. The Hall–Kier alpha value is -1.30. The van der Waals surface area contributed by atoms with Gasteiger partial charge in [-0.2, -0.15) is 13.2 Å². The molecule has 0 aliphatic heterocycles. The van der Waals surface area contributed by atoms with Crippen molar-refractivity contribution in [2.45, 2.75) is 12.6 Å². The van der Waals surface area contributed by atoms with Gasteiger partial charge in [0, 0.05) is 12.7 Å². The Bertz CT molecular complexity index is 344. The highest BCUT2D eigenvalue weighted by atomic mass is 19.4. The lowest BCUT2D eigenvalue weighted by Gasteiger charge is -2.29. The van der Waals surface area contributed by atoms with Crippen LogP contribution in [0.4, 0.5) is 13.2 Å². The predicted octanol–water partition coefficient (Wildman–Crippen LogP) is 2.15. The van der Waals surface area contributed by atoms with Crippen molar-refractivity contribution < 1.29 is 27.8 Å². The van der Waals surface area contributed by atoms with Crippen molar-refractivity contribution in [1.29, 1.82) is 0 Å². The molecule has 0 radical (unpaired) electrons. The Morgan fingerprint density at radius 2 is 2.25 bits per heavy atom. The van der Waals surface area contributed by atoms with Crippen LogP contribution in [-0.2, 0) is 9.53 Å². The fourth-order valence-electron chi connectivity index (χ4n) is 1.57. The van der Waals surface area contributed by atoms with Crippen LogP contribution in [0.2, 0.25) is 0 Å². The maximum atomic E-state index is 12.5. The number of allylic oxidation sites excluding steroid dienone is 3. The van der Waals surface area contributed by atoms with Gasteiger partial charge in [0.25, 0.3) is 0 Å². The summed E-state index contributed by atoms with van der Waals surface area (Å²) < 4.78 is 42.0. The molecule has 3 nitrogen and oxygen atoms in total. The van der Waals surface area contributed by atoms with Crippen molar-refractivity contribution in [2.24, 2.45) is 5.41 Å². The summed E-state index contributed by atoms with van der Waals surface area (Å²) in [6, 6.07) is 0. The van der Waals surface area contributed by atoms with E-state index in [2.05, 4.69) is 4.74 Å². The van der Waals surface area contributed by atoms with Gasteiger partial charge in [-0.05, 0) is 6.42 Å². The highest BCUT2D eigenvalue weighted by Gasteiger charge is 2.45. The van der Waals surface area contributed by atoms with Crippen LogP contribution in [0.1, 0.15) is 6.42 Å². The van der Waals surface area contributed by atoms with Crippen LogP contribution in [0.25, 0.3) is 0 Å². The Balaban J connectivity index is 3.00. The number of halogens is 3. The fraction of sp³-hybridized carbons (Fsp3) is 0.500. The van der Waals surface area contributed by atoms with Crippen molar-refractivity contribution in [3.8, 4) is 0 Å². The van der Waals surface area contributed by atoms with E-state index in [0.29, 0.717) is 0 Å². The molecule has 0 aromatic carbocycles. The van der Waals surface area contributed by atoms with Gasteiger partial charge in [0.1, 0.15) is 5.41 Å². The number of methoxy groups -OCH3 is 1. The molecule has 0 saturated heterocycles. The van der Waals surface area contributed by atoms with E-state index >= 15 is 0 Å². The maximum absolute atomic E-state index is 12.5. The zero-order valence-electron chi connectivity index (χ0n) is 8.54. The Morgan fingerprint density at radius 3 is 2.69 bits per heavy atom. The first-order chi connectivity index (χ1) is 7.32. The minimum atomic E-state index is -4.50. The van der Waals surface area contributed by atoms with Gasteiger partial charge in [0.2, 0.25) is 0 Å². The summed E-state index contributed by atoms with van der Waals surface area (Å²) in [5, 5.41) is 8.98. The molecular formula is C10H11F3O3. The summed E-state index contributed by atoms with van der Waals surface area (Å²) >= 11 is 0. The highest BCUT2D eigenvalue weighted by molar-refractivity contribution is 5.78. The number of carboxylic acids is 1. The summed E-state index contributed by atoms with van der Waals surface area (Å²) in [7, 11) is 1.25. The van der Waals surface area contributed by atoms with Crippen molar-refractivity contribution in [2.75, 3.05) is 13.7 Å². The van der Waals surface area contributed by atoms with E-state index in [-0.39, 0.29) is 6.61 Å². The first-order valence-corrected chi connectivity index (χ1v) is 4.50. The minimum absolute atomic E-state index is 0.285. The molecule has 6 heteroatoms. The molecule has 0 spiro atoms. The SMILES string of the molecule is COCC1(C(=O)O)C=CC=C(C(F)(F)F)C1. The van der Waals surface area contributed by atoms with Crippen LogP contribution in [0.5, 0.6) is 0 Å². The Kier molecular flexibility index (Phi) is 3.42. The van der Waals surface area contributed by atoms with Gasteiger partial charge in [-0.1, -0.05) is 18.2 Å². The van der Waals surface area contributed by atoms with Gasteiger partial charge in [-0.25, -0.2) is 0 Å². The molecule has 0 aromatic heterocycles. The second-order valence-corrected chi connectivity index (χ2v) is 3.62. The Labute approximate surface area is 90.2 Å². The van der Waals surface area contributed by atoms with Crippen LogP contribution in [0.15, 0.2) is 23.8 Å². The zero-order chi connectivity index (χ0) is 12.4. The van der Waals surface area contributed by atoms with Crippen molar-refractivity contribution in [1.82, 2.24) is 0 Å². The van der Waals surface area contributed by atoms with E-state index in [1.807, 2.05) is 0 Å². The molecular weight excluding hydrogens is 225 g/mol. The summed E-state index contributed by atoms with van der Waals surface area (Å²) in [4.78, 5) is 11.0. The highest BCUT2D eigenvalue weighted by Crippen LogP contribution is 2.39. The summed E-state index contributed by atoms with van der Waals surface area (Å²) in [6.45, 7) is -0.285. The number of carbonyl (C=O) groups is 1. The Morgan fingerprint density at radius 1 is 1.62 bits per heavy atom. The molecule has 1 unspecified atom stereocenters. The van der Waals surface area contributed by atoms with E-state index in [1.165, 1.54) is 13.2 Å². The minimum Gasteiger partial charge on any atom is -0.481 e. The van der Waals surface area contributed by atoms with Crippen LogP contribution >= 0.6 is 0 Å². The average molecular weight is 236 g/mol. The quantitative estimate of drug-likeness (QED) is 0.816. The lowest BCUT2D eigenvalue weighted by Crippen LogP contribution is -2.37. The second-order valence-electron chi connectivity index (χ2n) is 3.62. The molecule has 0 heterocycles. The molecule has 1 rings (SSSR count). The fourth-order valence-corrected chi connectivity index (χ4v) is 1.57. The number of ether oxygens (including phenoxy) is 1. The largest absolute Gasteiger partial charge is 0.481 e. The van der Waals surface area contributed by atoms with E-state index in [9.17, 15) is 18.0 Å². The predicted molar refractivity (Wildman–Crippen MR) is 49.8 cm³/mol. The monoisotopic (exact) mass is 236 g/mol. The van der Waals surface area contributed by atoms with E-state index < -0.39 is 29.6 Å². The molecule has 0 saturated carbocycles. The van der Waals surface area contributed by atoms with Crippen LogP contribution in [0.3, 0.4) is 0 Å². The van der Waals surface area contributed by atoms with E-state index in [0.717, 1.165) is 12.2 Å². The molecule has 1 atom stereocenters. The third-order valence-electron chi connectivity index (χ3n) is 2.41. The van der Waals surface area contributed by atoms with Crippen LogP contribution in [0, 0.1) is 5.41 Å². The van der Waals surface area contributed by atoms with Gasteiger partial charge in [-0.15, -0.1) is 0 Å². The van der Waals surface area contributed by atoms with Gasteiger partial charge < -0.3 is 9.84 Å². The lowest BCUT2D eigenvalue weighted by atomic mass is 9.79. The lowest BCUT2D eigenvalue weighted by molar-refractivity contribution is -0.150. The van der Waals surface area contributed by atoms with Crippen molar-refractivity contribution in [3.63, 3.8) is 0 Å². The molecule has 1 aliphatic carbocycles. The maximum Gasteiger partial charge on any atom is 0.412 e. The number of hydrogen-bond donors (Lipinski definition) is 1. The third-order valence-corrected chi connectivity index (χ3v) is 2.41.